The van der Waals surface area contributed by atoms with Crippen LogP contribution in [0.1, 0.15) is 22.8 Å². The first-order chi connectivity index (χ1) is 28.1. The van der Waals surface area contributed by atoms with Crippen LogP contribution in [0.25, 0.3) is 22.3 Å². The number of pyridine rings is 4. The third-order valence-electron chi connectivity index (χ3n) is 7.33. The predicted octanol–water partition coefficient (Wildman–Crippen LogP) is 8.21. The molecule has 0 aliphatic carbocycles. The van der Waals surface area contributed by atoms with Crippen LogP contribution in [-0.2, 0) is 12.4 Å². The first kappa shape index (κ1) is 51.2. The number of benzene rings is 2. The maximum Gasteiger partial charge on any atom is 0.433 e. The Labute approximate surface area is 369 Å². The summed E-state index contributed by atoms with van der Waals surface area (Å²) in [7, 11) is 0. The van der Waals surface area contributed by atoms with Gasteiger partial charge in [0.2, 0.25) is 0 Å². The van der Waals surface area contributed by atoms with Gasteiger partial charge >= 0.3 is 12.4 Å². The number of rotatable bonds is 10. The number of aliphatic hydroxyl groups is 1. The van der Waals surface area contributed by atoms with Gasteiger partial charge in [-0.3, -0.25) is 9.78 Å². The van der Waals surface area contributed by atoms with Crippen molar-refractivity contribution in [2.24, 2.45) is 0 Å². The van der Waals surface area contributed by atoms with Crippen LogP contribution in [0.2, 0.25) is 0 Å². The molecule has 0 spiro atoms. The van der Waals surface area contributed by atoms with Crippen molar-refractivity contribution in [2.75, 3.05) is 26.4 Å². The molecule has 1 unspecified atom stereocenters. The second-order valence-corrected chi connectivity index (χ2v) is 11.4. The maximum atomic E-state index is 13.2. The second kappa shape index (κ2) is 24.4. The van der Waals surface area contributed by atoms with Crippen molar-refractivity contribution in [2.45, 2.75) is 12.4 Å². The van der Waals surface area contributed by atoms with Crippen molar-refractivity contribution in [3.8, 4) is 51.6 Å². The largest absolute Gasteiger partial charge is 0.490 e. The van der Waals surface area contributed by atoms with E-state index >= 15 is 0 Å². The fourth-order valence-electron chi connectivity index (χ4n) is 4.68. The van der Waals surface area contributed by atoms with Crippen LogP contribution >= 0.6 is 9.90 Å². The number of aliphatic hydroxyl groups excluding tert-OH is 1. The Morgan fingerprint density at radius 2 is 1.15 bits per heavy atom. The number of nitriles is 2. The Morgan fingerprint density at radius 1 is 0.656 bits per heavy atom. The van der Waals surface area contributed by atoms with Crippen LogP contribution in [-0.4, -0.2) is 51.5 Å². The van der Waals surface area contributed by atoms with Crippen molar-refractivity contribution in [3.05, 3.63) is 154 Å². The average molecular weight is 1100 g/mol. The fraction of sp³-hybridized carbons (Fsp3) is 0.150. The van der Waals surface area contributed by atoms with Crippen LogP contribution in [0.4, 0.5) is 35.1 Å². The number of hydrogen-bond donors (Lipinski definition) is 2. The van der Waals surface area contributed by atoms with Crippen LogP contribution < -0.4 is 19.6 Å². The average Bonchev–Trinajstić information content (AvgIpc) is 3.22. The zero-order valence-corrected chi connectivity index (χ0v) is 36.8. The van der Waals surface area contributed by atoms with Gasteiger partial charge < -0.3 is 24.3 Å². The molecular formula is C40H31F8N6O5PU. The smallest absolute Gasteiger partial charge is 0.433 e. The molecule has 2 aromatic carbocycles. The Balaban J connectivity index is 0.000000344. The molecule has 11 nitrogen and oxygen atoms in total. The van der Waals surface area contributed by atoms with Gasteiger partial charge in [0.1, 0.15) is 83.6 Å². The molecule has 0 amide bonds. The molecule has 1 atom stereocenters. The van der Waals surface area contributed by atoms with E-state index in [-0.39, 0.29) is 90.4 Å². The summed E-state index contributed by atoms with van der Waals surface area (Å²) in [6.45, 7) is -0.0275. The number of aromatic amines is 1. The monoisotopic (exact) mass is 1100 g/mol. The van der Waals surface area contributed by atoms with E-state index in [9.17, 15) is 39.9 Å². The minimum absolute atomic E-state index is 0. The molecular weight excluding hydrogens is 1070 g/mol. The van der Waals surface area contributed by atoms with Gasteiger partial charge in [0.25, 0.3) is 0 Å². The van der Waals surface area contributed by atoms with Crippen molar-refractivity contribution in [1.82, 2.24) is 19.9 Å². The standard InChI is InChI=1S/C20H13F4N3O2.C14H11FN2O2.C6H4F3NO.H3P.U/c21-14-3-1-13(2-4-14)17-9-15(11-25)27-12-18(17)29-8-7-28-16-5-6-26-19(10-16)20(22,23)24;15-11-3-1-10(2-4-11)13-7-12(8-16)17-9-14(13)19-6-5-18;7-6(8,9)5-3-4(11)1-2-10-5;;/h1-6,9-10,12H,7-8H2;1-4,7,9,18H,5-6H2;1-3H,(H,10,11);1H3;. The van der Waals surface area contributed by atoms with E-state index in [4.69, 9.17) is 29.8 Å². The van der Waals surface area contributed by atoms with E-state index in [2.05, 4.69) is 15.0 Å². The summed E-state index contributed by atoms with van der Waals surface area (Å²) < 4.78 is 116. The second-order valence-electron chi connectivity index (χ2n) is 11.4. The van der Waals surface area contributed by atoms with Crippen LogP contribution in [0, 0.1) is 65.4 Å². The molecule has 316 valence electrons. The summed E-state index contributed by atoms with van der Waals surface area (Å²) in [5.74, 6) is 0.0307. The summed E-state index contributed by atoms with van der Waals surface area (Å²) in [6, 6.07) is 22.0. The van der Waals surface area contributed by atoms with Crippen molar-refractivity contribution < 1.29 is 85.6 Å². The number of nitrogens with zero attached hydrogens (tertiary/aromatic N) is 5. The number of hydrogen-bond acceptors (Lipinski definition) is 10. The van der Waals surface area contributed by atoms with E-state index < -0.39 is 35.0 Å². The summed E-state index contributed by atoms with van der Waals surface area (Å²) in [6.07, 6.45) is -4.28. The quantitative estimate of drug-likeness (QED) is 0.0776. The number of aromatic nitrogens is 4. The van der Waals surface area contributed by atoms with Crippen molar-refractivity contribution in [3.63, 3.8) is 0 Å². The normalized spacial score (nSPS) is 10.4. The molecule has 2 N–H and O–H groups in total. The van der Waals surface area contributed by atoms with Gasteiger partial charge in [-0.05, 0) is 53.6 Å². The van der Waals surface area contributed by atoms with E-state index in [1.807, 2.05) is 17.1 Å². The molecule has 61 heavy (non-hydrogen) atoms. The third kappa shape index (κ3) is 16.2. The van der Waals surface area contributed by atoms with Crippen LogP contribution in [0.5, 0.6) is 17.2 Å². The number of H-pyrrole nitrogens is 1. The molecule has 21 heteroatoms. The van der Waals surface area contributed by atoms with Gasteiger partial charge in [0.15, 0.2) is 5.43 Å². The Hall–Kier alpha value is -5.90. The molecule has 0 saturated carbocycles. The first-order valence-electron chi connectivity index (χ1n) is 16.7. The van der Waals surface area contributed by atoms with E-state index in [0.717, 1.165) is 24.5 Å². The Morgan fingerprint density at radius 3 is 1.57 bits per heavy atom. The van der Waals surface area contributed by atoms with Gasteiger partial charge in [-0.15, -0.1) is 0 Å². The summed E-state index contributed by atoms with van der Waals surface area (Å²) in [4.78, 5) is 23.5. The fourth-order valence-corrected chi connectivity index (χ4v) is 4.68. The van der Waals surface area contributed by atoms with Crippen molar-refractivity contribution in [1.29, 1.82) is 10.5 Å². The SMILES string of the molecule is N#Cc1cc(-c2ccc(F)cc2)c(OCCO)cn1.N#Cc1cc(-c2ccc(F)cc2)c(OCCOc2ccnc(C(F)(F)F)c2)cn1.O=c1cc[nH]c(C(F)(F)F)c1.P.[U]. The third-order valence-corrected chi connectivity index (χ3v) is 7.33. The predicted molar refractivity (Wildman–Crippen MR) is 205 cm³/mol. The van der Waals surface area contributed by atoms with E-state index in [1.54, 1.807) is 18.2 Å². The molecule has 4 heterocycles. The van der Waals surface area contributed by atoms with Gasteiger partial charge in [0.05, 0.1) is 19.0 Å². The number of halogens is 8. The topological polar surface area (TPSA) is 167 Å². The molecule has 0 radical (unpaired) electrons. The van der Waals surface area contributed by atoms with Gasteiger partial charge in [-0.25, -0.2) is 18.7 Å². The molecule has 0 aliphatic rings. The zero-order chi connectivity index (χ0) is 43.0. The first-order valence-corrected chi connectivity index (χ1v) is 16.7. The van der Waals surface area contributed by atoms with Gasteiger partial charge in [-0.2, -0.15) is 46.8 Å². The summed E-state index contributed by atoms with van der Waals surface area (Å²) in [5.41, 5.74) is 0.171. The minimum Gasteiger partial charge on any atom is -0.490 e. The maximum absolute atomic E-state index is 13.2. The number of nitrogens with one attached hydrogen (secondary N) is 1. The molecule has 0 fully saturated rings. The number of alkyl halides is 6. The Kier molecular flexibility index (Phi) is 20.5. The van der Waals surface area contributed by atoms with Crippen molar-refractivity contribution >= 4 is 9.90 Å². The molecule has 4 aromatic heterocycles. The molecule has 6 aromatic rings. The number of ether oxygens (including phenoxy) is 3. The minimum atomic E-state index is -4.56. The van der Waals surface area contributed by atoms with Gasteiger partial charge in [0, 0.05) is 72.8 Å². The molecule has 0 aliphatic heterocycles. The molecule has 6 rings (SSSR count). The van der Waals surface area contributed by atoms with Gasteiger partial charge in [-0.1, -0.05) is 24.3 Å². The van der Waals surface area contributed by atoms with Crippen LogP contribution in [0.15, 0.2) is 115 Å². The summed E-state index contributed by atoms with van der Waals surface area (Å²) >= 11 is 0. The molecule has 0 bridgehead atoms. The zero-order valence-electron chi connectivity index (χ0n) is 31.3. The summed E-state index contributed by atoms with van der Waals surface area (Å²) in [5, 5.41) is 26.7. The van der Waals surface area contributed by atoms with E-state index in [1.165, 1.54) is 60.9 Å². The van der Waals surface area contributed by atoms with E-state index in [0.29, 0.717) is 39.8 Å². The Bertz CT molecular complexity index is 2460. The molecule has 0 saturated heterocycles. The van der Waals surface area contributed by atoms with Crippen LogP contribution in [0.3, 0.4) is 0 Å².